The molecule has 0 aliphatic heterocycles. The molecule has 2 aromatic rings. The van der Waals surface area contributed by atoms with Crippen LogP contribution < -0.4 is 10.6 Å². The van der Waals surface area contributed by atoms with Crippen molar-refractivity contribution in [2.24, 2.45) is 0 Å². The van der Waals surface area contributed by atoms with Gasteiger partial charge in [-0.05, 0) is 36.4 Å². The SMILES string of the molecule is CCCCCSc1ccc(NC(=O)NC(=O)c2c(Cl)cccc2Cl)cn1. The zero-order valence-corrected chi connectivity index (χ0v) is 16.5. The highest BCUT2D eigenvalue weighted by molar-refractivity contribution is 7.99. The summed E-state index contributed by atoms with van der Waals surface area (Å²) in [6, 6.07) is 7.56. The van der Waals surface area contributed by atoms with Crippen LogP contribution in [0.25, 0.3) is 0 Å². The van der Waals surface area contributed by atoms with Gasteiger partial charge in [-0.1, -0.05) is 49.0 Å². The van der Waals surface area contributed by atoms with Gasteiger partial charge in [0.2, 0.25) is 0 Å². The van der Waals surface area contributed by atoms with Crippen molar-refractivity contribution in [1.29, 1.82) is 0 Å². The smallest absolute Gasteiger partial charge is 0.306 e. The molecule has 3 amide bonds. The molecule has 26 heavy (non-hydrogen) atoms. The van der Waals surface area contributed by atoms with Crippen LogP contribution >= 0.6 is 35.0 Å². The van der Waals surface area contributed by atoms with Crippen LogP contribution in [0.2, 0.25) is 10.0 Å². The molecular weight excluding hydrogens is 393 g/mol. The van der Waals surface area contributed by atoms with E-state index in [9.17, 15) is 9.59 Å². The fourth-order valence-electron chi connectivity index (χ4n) is 2.11. The summed E-state index contributed by atoms with van der Waals surface area (Å²) in [7, 11) is 0. The second kappa shape index (κ2) is 10.4. The quantitative estimate of drug-likeness (QED) is 0.457. The van der Waals surface area contributed by atoms with Gasteiger partial charge in [-0.2, -0.15) is 0 Å². The number of rotatable bonds is 7. The van der Waals surface area contributed by atoms with E-state index in [1.54, 1.807) is 30.1 Å². The Kier molecular flexibility index (Phi) is 8.22. The van der Waals surface area contributed by atoms with Crippen molar-refractivity contribution in [2.75, 3.05) is 11.1 Å². The molecule has 0 atom stereocenters. The Labute approximate surface area is 166 Å². The fraction of sp³-hybridized carbons (Fsp3) is 0.278. The number of halogens is 2. The van der Waals surface area contributed by atoms with Crippen molar-refractivity contribution in [3.63, 3.8) is 0 Å². The van der Waals surface area contributed by atoms with Gasteiger partial charge in [0.25, 0.3) is 5.91 Å². The third-order valence-corrected chi connectivity index (χ3v) is 5.07. The first kappa shape index (κ1) is 20.6. The van der Waals surface area contributed by atoms with Gasteiger partial charge in [-0.15, -0.1) is 11.8 Å². The Morgan fingerprint density at radius 1 is 1.12 bits per heavy atom. The average Bonchev–Trinajstić information content (AvgIpc) is 2.60. The first-order chi connectivity index (χ1) is 12.5. The number of urea groups is 1. The zero-order chi connectivity index (χ0) is 18.9. The molecule has 0 spiro atoms. The van der Waals surface area contributed by atoms with Gasteiger partial charge < -0.3 is 5.32 Å². The predicted octanol–water partition coefficient (Wildman–Crippen LogP) is 5.63. The number of aromatic nitrogens is 1. The minimum Gasteiger partial charge on any atom is -0.306 e. The molecule has 0 saturated heterocycles. The maximum absolute atomic E-state index is 12.2. The van der Waals surface area contributed by atoms with Crippen molar-refractivity contribution in [3.8, 4) is 0 Å². The average molecular weight is 412 g/mol. The van der Waals surface area contributed by atoms with E-state index in [1.807, 2.05) is 6.07 Å². The van der Waals surface area contributed by atoms with Gasteiger partial charge >= 0.3 is 6.03 Å². The fourth-order valence-corrected chi connectivity index (χ4v) is 3.53. The Morgan fingerprint density at radius 2 is 1.85 bits per heavy atom. The molecule has 1 heterocycles. The second-order valence-corrected chi connectivity index (χ2v) is 7.38. The largest absolute Gasteiger partial charge is 0.326 e. The summed E-state index contributed by atoms with van der Waals surface area (Å²) >= 11 is 13.6. The topological polar surface area (TPSA) is 71.1 Å². The van der Waals surface area contributed by atoms with Crippen molar-refractivity contribution < 1.29 is 9.59 Å². The number of unbranched alkanes of at least 4 members (excludes halogenated alkanes) is 2. The van der Waals surface area contributed by atoms with Crippen LogP contribution in [-0.2, 0) is 0 Å². The number of nitrogens with zero attached hydrogens (tertiary/aromatic N) is 1. The van der Waals surface area contributed by atoms with Crippen molar-refractivity contribution >= 4 is 52.6 Å². The lowest BCUT2D eigenvalue weighted by Gasteiger charge is -2.09. The van der Waals surface area contributed by atoms with Crippen molar-refractivity contribution in [1.82, 2.24) is 10.3 Å². The number of anilines is 1. The number of imide groups is 1. The summed E-state index contributed by atoms with van der Waals surface area (Å²) in [6.45, 7) is 2.17. The van der Waals surface area contributed by atoms with Crippen LogP contribution in [0, 0.1) is 0 Å². The molecule has 8 heteroatoms. The Morgan fingerprint density at radius 3 is 2.46 bits per heavy atom. The maximum Gasteiger partial charge on any atom is 0.326 e. The van der Waals surface area contributed by atoms with Gasteiger partial charge in [-0.3, -0.25) is 10.1 Å². The molecule has 0 bridgehead atoms. The lowest BCUT2D eigenvalue weighted by Crippen LogP contribution is -2.34. The minimum atomic E-state index is -0.684. The molecule has 0 aliphatic carbocycles. The summed E-state index contributed by atoms with van der Waals surface area (Å²) < 4.78 is 0. The van der Waals surface area contributed by atoms with E-state index in [-0.39, 0.29) is 15.6 Å². The van der Waals surface area contributed by atoms with Crippen molar-refractivity contribution in [2.45, 2.75) is 31.2 Å². The molecule has 0 aliphatic rings. The number of benzene rings is 1. The van der Waals surface area contributed by atoms with E-state index < -0.39 is 11.9 Å². The first-order valence-electron chi connectivity index (χ1n) is 8.16. The molecule has 2 rings (SSSR count). The number of thioether (sulfide) groups is 1. The molecule has 1 aromatic carbocycles. The van der Waals surface area contributed by atoms with Gasteiger partial charge in [0.15, 0.2) is 0 Å². The number of hydrogen-bond acceptors (Lipinski definition) is 4. The molecule has 2 N–H and O–H groups in total. The normalized spacial score (nSPS) is 10.4. The highest BCUT2D eigenvalue weighted by atomic mass is 35.5. The van der Waals surface area contributed by atoms with Crippen LogP contribution in [0.5, 0.6) is 0 Å². The maximum atomic E-state index is 12.2. The summed E-state index contributed by atoms with van der Waals surface area (Å²) in [5, 5.41) is 6.00. The van der Waals surface area contributed by atoms with E-state index in [0.29, 0.717) is 5.69 Å². The van der Waals surface area contributed by atoms with Gasteiger partial charge in [0.1, 0.15) is 0 Å². The second-order valence-electron chi connectivity index (χ2n) is 5.45. The monoisotopic (exact) mass is 411 g/mol. The highest BCUT2D eigenvalue weighted by Gasteiger charge is 2.17. The zero-order valence-electron chi connectivity index (χ0n) is 14.2. The minimum absolute atomic E-state index is 0.0583. The van der Waals surface area contributed by atoms with E-state index in [0.717, 1.165) is 17.2 Å². The van der Waals surface area contributed by atoms with Crippen LogP contribution in [0.4, 0.5) is 10.5 Å². The Hall–Kier alpha value is -1.76. The number of pyridine rings is 1. The highest BCUT2D eigenvalue weighted by Crippen LogP contribution is 2.24. The van der Waals surface area contributed by atoms with Crippen LogP contribution in [0.15, 0.2) is 41.6 Å². The molecule has 5 nitrogen and oxygen atoms in total. The summed E-state index contributed by atoms with van der Waals surface area (Å²) in [4.78, 5) is 28.4. The molecule has 0 saturated carbocycles. The summed E-state index contributed by atoms with van der Waals surface area (Å²) in [6.07, 6.45) is 5.09. The number of amides is 3. The van der Waals surface area contributed by atoms with Gasteiger partial charge in [0.05, 0.1) is 32.5 Å². The summed E-state index contributed by atoms with van der Waals surface area (Å²) in [5.74, 6) is 0.343. The van der Waals surface area contributed by atoms with Gasteiger partial charge in [0, 0.05) is 0 Å². The lowest BCUT2D eigenvalue weighted by molar-refractivity contribution is 0.0967. The van der Waals surface area contributed by atoms with Crippen LogP contribution in [0.3, 0.4) is 0 Å². The Balaban J connectivity index is 1.88. The third kappa shape index (κ3) is 6.20. The number of hydrogen-bond donors (Lipinski definition) is 2. The van der Waals surface area contributed by atoms with Crippen molar-refractivity contribution in [3.05, 3.63) is 52.1 Å². The van der Waals surface area contributed by atoms with Crippen LogP contribution in [0.1, 0.15) is 36.5 Å². The Bertz CT molecular complexity index is 749. The van der Waals surface area contributed by atoms with Gasteiger partial charge in [-0.25, -0.2) is 9.78 Å². The predicted molar refractivity (Wildman–Crippen MR) is 107 cm³/mol. The molecule has 0 fully saturated rings. The lowest BCUT2D eigenvalue weighted by atomic mass is 10.2. The molecular formula is C18H19Cl2N3O2S. The van der Waals surface area contributed by atoms with E-state index >= 15 is 0 Å². The molecule has 138 valence electrons. The number of carbonyl (C=O) groups is 2. The summed E-state index contributed by atoms with van der Waals surface area (Å²) in [5.41, 5.74) is 0.543. The molecule has 0 radical (unpaired) electrons. The molecule has 1 aromatic heterocycles. The van der Waals surface area contributed by atoms with E-state index in [4.69, 9.17) is 23.2 Å². The van der Waals surface area contributed by atoms with E-state index in [2.05, 4.69) is 22.5 Å². The standard InChI is InChI=1S/C18H19Cl2N3O2S/c1-2-3-4-10-26-15-9-8-12(11-21-15)22-18(25)23-17(24)16-13(19)6-5-7-14(16)20/h5-9,11H,2-4,10H2,1H3,(H2,22,23,24,25). The number of carbonyl (C=O) groups excluding carboxylic acids is 2. The first-order valence-corrected chi connectivity index (χ1v) is 9.90. The van der Waals surface area contributed by atoms with E-state index in [1.165, 1.54) is 25.0 Å². The number of nitrogens with one attached hydrogen (secondary N) is 2. The third-order valence-electron chi connectivity index (χ3n) is 3.41. The molecule has 0 unspecified atom stereocenters. The van der Waals surface area contributed by atoms with Crippen LogP contribution in [-0.4, -0.2) is 22.7 Å².